The summed E-state index contributed by atoms with van der Waals surface area (Å²) in [6, 6.07) is 7.28. The first-order chi connectivity index (χ1) is 12.1. The Labute approximate surface area is 144 Å². The minimum Gasteiger partial charge on any atom is -0.497 e. The SMILES string of the molecule is COc1ccc(OC)c(-c2ccn(CC(=O)Nc3cn(C)nn3)n2)c1. The zero-order valence-corrected chi connectivity index (χ0v) is 14.1. The molecule has 25 heavy (non-hydrogen) atoms. The van der Waals surface area contributed by atoms with E-state index < -0.39 is 0 Å². The predicted molar refractivity (Wildman–Crippen MR) is 90.4 cm³/mol. The van der Waals surface area contributed by atoms with Crippen molar-refractivity contribution in [1.82, 2.24) is 24.8 Å². The normalized spacial score (nSPS) is 10.5. The van der Waals surface area contributed by atoms with Crippen LogP contribution >= 0.6 is 0 Å². The van der Waals surface area contributed by atoms with E-state index in [-0.39, 0.29) is 12.5 Å². The number of rotatable bonds is 6. The number of ether oxygens (including phenoxy) is 2. The van der Waals surface area contributed by atoms with Gasteiger partial charge in [-0.1, -0.05) is 5.21 Å². The van der Waals surface area contributed by atoms with Gasteiger partial charge in [0, 0.05) is 18.8 Å². The zero-order chi connectivity index (χ0) is 17.8. The van der Waals surface area contributed by atoms with Crippen LogP contribution in [0.1, 0.15) is 0 Å². The summed E-state index contributed by atoms with van der Waals surface area (Å²) >= 11 is 0. The molecule has 0 aliphatic rings. The van der Waals surface area contributed by atoms with Crippen LogP contribution in [-0.4, -0.2) is 44.9 Å². The second kappa shape index (κ2) is 7.04. The lowest BCUT2D eigenvalue weighted by molar-refractivity contribution is -0.116. The predicted octanol–water partition coefficient (Wildman–Crippen LogP) is 1.33. The number of anilines is 1. The molecule has 0 bridgehead atoms. The van der Waals surface area contributed by atoms with Crippen molar-refractivity contribution in [2.75, 3.05) is 19.5 Å². The van der Waals surface area contributed by atoms with Crippen molar-refractivity contribution in [3.8, 4) is 22.8 Å². The van der Waals surface area contributed by atoms with E-state index in [1.165, 1.54) is 4.68 Å². The number of amides is 1. The van der Waals surface area contributed by atoms with E-state index in [1.807, 2.05) is 24.3 Å². The van der Waals surface area contributed by atoms with E-state index in [2.05, 4.69) is 20.7 Å². The van der Waals surface area contributed by atoms with Crippen LogP contribution in [0.4, 0.5) is 5.82 Å². The number of carbonyl (C=O) groups is 1. The third-order valence-corrected chi connectivity index (χ3v) is 3.50. The summed E-state index contributed by atoms with van der Waals surface area (Å²) in [5, 5.41) is 14.7. The minimum atomic E-state index is -0.243. The van der Waals surface area contributed by atoms with Crippen LogP contribution in [-0.2, 0) is 18.4 Å². The molecule has 0 aliphatic heterocycles. The van der Waals surface area contributed by atoms with E-state index in [4.69, 9.17) is 9.47 Å². The summed E-state index contributed by atoms with van der Waals surface area (Å²) in [7, 11) is 4.92. The first kappa shape index (κ1) is 16.5. The third kappa shape index (κ3) is 3.77. The van der Waals surface area contributed by atoms with Gasteiger partial charge in [-0.05, 0) is 24.3 Å². The fraction of sp³-hybridized carbons (Fsp3) is 0.250. The van der Waals surface area contributed by atoms with Crippen molar-refractivity contribution in [1.29, 1.82) is 0 Å². The molecule has 2 aromatic heterocycles. The largest absolute Gasteiger partial charge is 0.497 e. The Hall–Kier alpha value is -3.36. The highest BCUT2D eigenvalue weighted by Crippen LogP contribution is 2.32. The fourth-order valence-corrected chi connectivity index (χ4v) is 2.34. The van der Waals surface area contributed by atoms with Crippen LogP contribution in [0.2, 0.25) is 0 Å². The number of hydrogen-bond donors (Lipinski definition) is 1. The van der Waals surface area contributed by atoms with E-state index in [9.17, 15) is 4.79 Å². The molecular formula is C16H18N6O3. The van der Waals surface area contributed by atoms with Gasteiger partial charge in [0.25, 0.3) is 0 Å². The van der Waals surface area contributed by atoms with Crippen LogP contribution < -0.4 is 14.8 Å². The van der Waals surface area contributed by atoms with Crippen molar-refractivity contribution in [3.63, 3.8) is 0 Å². The Bertz CT molecular complexity index is 886. The van der Waals surface area contributed by atoms with Crippen LogP contribution in [0.15, 0.2) is 36.7 Å². The van der Waals surface area contributed by atoms with Crippen LogP contribution in [0.5, 0.6) is 11.5 Å². The van der Waals surface area contributed by atoms with Crippen LogP contribution in [0.3, 0.4) is 0 Å². The summed E-state index contributed by atoms with van der Waals surface area (Å²) in [6.45, 7) is 0.0584. The molecule has 0 atom stereocenters. The molecule has 9 nitrogen and oxygen atoms in total. The first-order valence-electron chi connectivity index (χ1n) is 7.51. The molecule has 1 amide bonds. The van der Waals surface area contributed by atoms with E-state index in [0.717, 1.165) is 5.56 Å². The third-order valence-electron chi connectivity index (χ3n) is 3.50. The maximum atomic E-state index is 12.1. The molecule has 1 N–H and O–H groups in total. The topological polar surface area (TPSA) is 96.1 Å². The Balaban J connectivity index is 1.75. The number of aromatic nitrogens is 5. The Morgan fingerprint density at radius 3 is 2.76 bits per heavy atom. The number of hydrogen-bond acceptors (Lipinski definition) is 6. The quantitative estimate of drug-likeness (QED) is 0.726. The molecular weight excluding hydrogens is 324 g/mol. The summed E-state index contributed by atoms with van der Waals surface area (Å²) in [4.78, 5) is 12.1. The molecule has 0 radical (unpaired) electrons. The van der Waals surface area contributed by atoms with Crippen molar-refractivity contribution in [3.05, 3.63) is 36.7 Å². The van der Waals surface area contributed by atoms with Crippen LogP contribution in [0.25, 0.3) is 11.3 Å². The summed E-state index contributed by atoms with van der Waals surface area (Å²) in [5.41, 5.74) is 1.47. The lowest BCUT2D eigenvalue weighted by Gasteiger charge is -2.08. The summed E-state index contributed by atoms with van der Waals surface area (Å²) in [6.07, 6.45) is 3.35. The molecule has 0 spiro atoms. The van der Waals surface area contributed by atoms with Gasteiger partial charge in [-0.15, -0.1) is 5.10 Å². The van der Waals surface area contributed by atoms with Crippen molar-refractivity contribution in [2.24, 2.45) is 7.05 Å². The van der Waals surface area contributed by atoms with Gasteiger partial charge in [-0.25, -0.2) is 0 Å². The van der Waals surface area contributed by atoms with Crippen molar-refractivity contribution >= 4 is 11.7 Å². The molecule has 3 rings (SSSR count). The summed E-state index contributed by atoms with van der Waals surface area (Å²) < 4.78 is 13.7. The molecule has 130 valence electrons. The zero-order valence-electron chi connectivity index (χ0n) is 14.1. The van der Waals surface area contributed by atoms with Gasteiger partial charge < -0.3 is 14.8 Å². The highest BCUT2D eigenvalue weighted by molar-refractivity contribution is 5.89. The van der Waals surface area contributed by atoms with Gasteiger partial charge in [-0.3, -0.25) is 14.2 Å². The van der Waals surface area contributed by atoms with Crippen molar-refractivity contribution < 1.29 is 14.3 Å². The average Bonchev–Trinajstić information content (AvgIpc) is 3.23. The number of nitrogens with zero attached hydrogens (tertiary/aromatic N) is 5. The summed E-state index contributed by atoms with van der Waals surface area (Å²) in [5.74, 6) is 1.53. The molecule has 3 aromatic rings. The fourth-order valence-electron chi connectivity index (χ4n) is 2.34. The van der Waals surface area contributed by atoms with Gasteiger partial charge in [0.15, 0.2) is 5.82 Å². The Morgan fingerprint density at radius 2 is 2.08 bits per heavy atom. The van der Waals surface area contributed by atoms with Gasteiger partial charge in [0.05, 0.1) is 26.1 Å². The molecule has 0 unspecified atom stereocenters. The molecule has 2 heterocycles. The van der Waals surface area contributed by atoms with E-state index >= 15 is 0 Å². The molecule has 0 fully saturated rings. The minimum absolute atomic E-state index is 0.0584. The van der Waals surface area contributed by atoms with Gasteiger partial charge in [0.2, 0.25) is 5.91 Å². The smallest absolute Gasteiger partial charge is 0.247 e. The molecule has 0 aliphatic carbocycles. The number of carbonyl (C=O) groups excluding carboxylic acids is 1. The second-order valence-electron chi connectivity index (χ2n) is 5.29. The molecule has 0 saturated carbocycles. The highest BCUT2D eigenvalue weighted by Gasteiger charge is 2.12. The number of benzene rings is 1. The highest BCUT2D eigenvalue weighted by atomic mass is 16.5. The Kier molecular flexibility index (Phi) is 4.64. The first-order valence-corrected chi connectivity index (χ1v) is 7.51. The maximum Gasteiger partial charge on any atom is 0.247 e. The lowest BCUT2D eigenvalue weighted by Crippen LogP contribution is -2.19. The number of nitrogens with one attached hydrogen (secondary N) is 1. The van der Waals surface area contributed by atoms with Gasteiger partial charge in [0.1, 0.15) is 18.0 Å². The van der Waals surface area contributed by atoms with E-state index in [1.54, 1.807) is 38.3 Å². The monoisotopic (exact) mass is 342 g/mol. The lowest BCUT2D eigenvalue weighted by atomic mass is 10.1. The molecule has 0 saturated heterocycles. The maximum absolute atomic E-state index is 12.1. The standard InChI is InChI=1S/C16H18N6O3/c1-21-9-15(18-20-21)17-16(23)10-22-7-6-13(19-22)12-8-11(24-2)4-5-14(12)25-3/h4-9H,10H2,1-3H3,(H,17,23). The van der Waals surface area contributed by atoms with Crippen LogP contribution in [0, 0.1) is 0 Å². The number of methoxy groups -OCH3 is 2. The Morgan fingerprint density at radius 1 is 1.24 bits per heavy atom. The second-order valence-corrected chi connectivity index (χ2v) is 5.29. The van der Waals surface area contributed by atoms with Gasteiger partial charge >= 0.3 is 0 Å². The van der Waals surface area contributed by atoms with Crippen molar-refractivity contribution in [2.45, 2.75) is 6.54 Å². The average molecular weight is 342 g/mol. The molecule has 1 aromatic carbocycles. The van der Waals surface area contributed by atoms with E-state index in [0.29, 0.717) is 23.0 Å². The molecule has 9 heteroatoms. The van der Waals surface area contributed by atoms with Gasteiger partial charge in [-0.2, -0.15) is 5.10 Å². The number of aryl methyl sites for hydroxylation is 1.